The summed E-state index contributed by atoms with van der Waals surface area (Å²) in [7, 11) is 0. The largest absolute Gasteiger partial charge is 0.459 e. The van der Waals surface area contributed by atoms with E-state index in [2.05, 4.69) is 17.2 Å². The van der Waals surface area contributed by atoms with Gasteiger partial charge in [-0.1, -0.05) is 19.8 Å². The maximum atomic E-state index is 12.4. The molecule has 7 nitrogen and oxygen atoms in total. The third-order valence-corrected chi connectivity index (χ3v) is 4.98. The number of amides is 1. The molecule has 1 aliphatic rings. The highest BCUT2D eigenvalue weighted by Gasteiger charge is 2.26. The molecule has 1 saturated carbocycles. The zero-order chi connectivity index (χ0) is 20.1. The van der Waals surface area contributed by atoms with Crippen LogP contribution in [0, 0.1) is 19.8 Å². The van der Waals surface area contributed by atoms with Crippen LogP contribution >= 0.6 is 0 Å². The number of aromatic nitrogens is 1. The van der Waals surface area contributed by atoms with Gasteiger partial charge in [0.25, 0.3) is 5.91 Å². The van der Waals surface area contributed by atoms with Crippen LogP contribution in [-0.4, -0.2) is 41.6 Å². The van der Waals surface area contributed by atoms with Gasteiger partial charge in [-0.2, -0.15) is 0 Å². The van der Waals surface area contributed by atoms with E-state index >= 15 is 0 Å². The van der Waals surface area contributed by atoms with Crippen LogP contribution in [0.25, 0.3) is 0 Å². The minimum atomic E-state index is -0.661. The fraction of sp³-hybridized carbons (Fsp3) is 0.650. The Morgan fingerprint density at radius 2 is 1.81 bits per heavy atom. The molecule has 150 valence electrons. The first kappa shape index (κ1) is 21.0. The summed E-state index contributed by atoms with van der Waals surface area (Å²) < 4.78 is 10.4. The molecule has 1 aromatic rings. The standard InChI is InChI=1S/C20H30N2O5/c1-11(2)27-19(24)17-13(4)18(21-14(17)5)20(25)26-10-16(23)22-15-9-7-6-8-12(15)3/h11-12,15,21H,6-10H2,1-5H3,(H,22,23). The van der Waals surface area contributed by atoms with Gasteiger partial charge in [0, 0.05) is 11.7 Å². The van der Waals surface area contributed by atoms with Gasteiger partial charge in [-0.15, -0.1) is 0 Å². The molecule has 0 aliphatic heterocycles. The second kappa shape index (κ2) is 9.06. The maximum Gasteiger partial charge on any atom is 0.355 e. The highest BCUT2D eigenvalue weighted by atomic mass is 16.5. The first-order valence-electron chi connectivity index (χ1n) is 9.57. The Labute approximate surface area is 160 Å². The molecule has 1 aliphatic carbocycles. The molecule has 0 spiro atoms. The number of nitrogens with one attached hydrogen (secondary N) is 2. The molecule has 7 heteroatoms. The predicted octanol–water partition coefficient (Wildman–Crippen LogP) is 3.05. The molecule has 1 amide bonds. The summed E-state index contributed by atoms with van der Waals surface area (Å²) in [6, 6.07) is 0.136. The molecule has 1 heterocycles. The number of aromatic amines is 1. The Balaban J connectivity index is 1.96. The average molecular weight is 378 g/mol. The van der Waals surface area contributed by atoms with Gasteiger partial charge < -0.3 is 19.8 Å². The van der Waals surface area contributed by atoms with E-state index in [-0.39, 0.29) is 30.4 Å². The average Bonchev–Trinajstić information content (AvgIpc) is 2.89. The van der Waals surface area contributed by atoms with Crippen LogP contribution in [0.1, 0.15) is 78.6 Å². The van der Waals surface area contributed by atoms with Crippen molar-refractivity contribution in [2.75, 3.05) is 6.61 Å². The molecule has 2 atom stereocenters. The summed E-state index contributed by atoms with van der Waals surface area (Å²) in [5.41, 5.74) is 1.49. The first-order chi connectivity index (χ1) is 12.7. The molecule has 2 N–H and O–H groups in total. The van der Waals surface area contributed by atoms with Crippen molar-refractivity contribution >= 4 is 17.8 Å². The van der Waals surface area contributed by atoms with E-state index in [4.69, 9.17) is 9.47 Å². The lowest BCUT2D eigenvalue weighted by Gasteiger charge is -2.29. The fourth-order valence-corrected chi connectivity index (χ4v) is 3.52. The van der Waals surface area contributed by atoms with Gasteiger partial charge in [0.1, 0.15) is 5.69 Å². The summed E-state index contributed by atoms with van der Waals surface area (Å²) in [4.78, 5) is 39.5. The second-order valence-corrected chi connectivity index (χ2v) is 7.59. The maximum absolute atomic E-state index is 12.4. The van der Waals surface area contributed by atoms with Crippen molar-refractivity contribution in [2.24, 2.45) is 5.92 Å². The number of aryl methyl sites for hydroxylation is 1. The molecule has 1 fully saturated rings. The number of esters is 2. The van der Waals surface area contributed by atoms with E-state index < -0.39 is 11.9 Å². The molecule has 1 aromatic heterocycles. The molecular weight excluding hydrogens is 348 g/mol. The molecule has 2 rings (SSSR count). The summed E-state index contributed by atoms with van der Waals surface area (Å²) in [6.07, 6.45) is 4.09. The van der Waals surface area contributed by atoms with E-state index in [9.17, 15) is 14.4 Å². The van der Waals surface area contributed by atoms with Crippen molar-refractivity contribution in [1.29, 1.82) is 0 Å². The van der Waals surface area contributed by atoms with Crippen molar-refractivity contribution in [1.82, 2.24) is 10.3 Å². The quantitative estimate of drug-likeness (QED) is 0.742. The van der Waals surface area contributed by atoms with Gasteiger partial charge in [0.15, 0.2) is 6.61 Å². The number of ether oxygens (including phenoxy) is 2. The van der Waals surface area contributed by atoms with Crippen LogP contribution in [0.5, 0.6) is 0 Å². The molecule has 27 heavy (non-hydrogen) atoms. The minimum Gasteiger partial charge on any atom is -0.459 e. The van der Waals surface area contributed by atoms with E-state index in [0.29, 0.717) is 22.7 Å². The van der Waals surface area contributed by atoms with Crippen LogP contribution in [0.4, 0.5) is 0 Å². The number of hydrogen-bond donors (Lipinski definition) is 2. The summed E-state index contributed by atoms with van der Waals surface area (Å²) in [6.45, 7) is 8.65. The molecule has 0 aromatic carbocycles. The van der Waals surface area contributed by atoms with Crippen molar-refractivity contribution in [3.05, 3.63) is 22.5 Å². The second-order valence-electron chi connectivity index (χ2n) is 7.59. The van der Waals surface area contributed by atoms with Crippen molar-refractivity contribution in [3.63, 3.8) is 0 Å². The highest BCUT2D eigenvalue weighted by molar-refractivity contribution is 5.99. The van der Waals surface area contributed by atoms with Gasteiger partial charge >= 0.3 is 11.9 Å². The molecule has 0 saturated heterocycles. The van der Waals surface area contributed by atoms with E-state index in [1.165, 1.54) is 6.42 Å². The van der Waals surface area contributed by atoms with Crippen LogP contribution < -0.4 is 5.32 Å². The molecule has 0 bridgehead atoms. The third kappa shape index (κ3) is 5.34. The molecule has 0 radical (unpaired) electrons. The van der Waals surface area contributed by atoms with Crippen LogP contribution in [0.3, 0.4) is 0 Å². The smallest absolute Gasteiger partial charge is 0.355 e. The summed E-state index contributed by atoms with van der Waals surface area (Å²) in [5.74, 6) is -1.02. The topological polar surface area (TPSA) is 97.5 Å². The van der Waals surface area contributed by atoms with Crippen molar-refractivity contribution in [3.8, 4) is 0 Å². The van der Waals surface area contributed by atoms with E-state index in [0.717, 1.165) is 19.3 Å². The lowest BCUT2D eigenvalue weighted by Crippen LogP contribution is -2.42. The van der Waals surface area contributed by atoms with Crippen molar-refractivity contribution < 1.29 is 23.9 Å². The normalized spacial score (nSPS) is 19.6. The van der Waals surface area contributed by atoms with Gasteiger partial charge in [-0.05, 0) is 52.0 Å². The van der Waals surface area contributed by atoms with Crippen molar-refractivity contribution in [2.45, 2.75) is 72.4 Å². The lowest BCUT2D eigenvalue weighted by atomic mass is 9.86. The van der Waals surface area contributed by atoms with Gasteiger partial charge in [0.05, 0.1) is 11.7 Å². The fourth-order valence-electron chi connectivity index (χ4n) is 3.52. The van der Waals surface area contributed by atoms with Gasteiger partial charge in [-0.3, -0.25) is 4.79 Å². The third-order valence-electron chi connectivity index (χ3n) is 4.98. The summed E-state index contributed by atoms with van der Waals surface area (Å²) in [5, 5.41) is 2.95. The van der Waals surface area contributed by atoms with E-state index in [1.807, 2.05) is 0 Å². The zero-order valence-electron chi connectivity index (χ0n) is 16.8. The SMILES string of the molecule is Cc1[nH]c(C(=O)OCC(=O)NC2CCCCC2C)c(C)c1C(=O)OC(C)C. The Kier molecular flexibility index (Phi) is 7.05. The Morgan fingerprint density at radius 1 is 1.15 bits per heavy atom. The lowest BCUT2D eigenvalue weighted by molar-refractivity contribution is -0.125. The summed E-state index contributed by atoms with van der Waals surface area (Å²) >= 11 is 0. The Hall–Kier alpha value is -2.31. The van der Waals surface area contributed by atoms with Crippen LogP contribution in [-0.2, 0) is 14.3 Å². The Morgan fingerprint density at radius 3 is 2.44 bits per heavy atom. The monoisotopic (exact) mass is 378 g/mol. The predicted molar refractivity (Wildman–Crippen MR) is 101 cm³/mol. The van der Waals surface area contributed by atoms with Gasteiger partial charge in [-0.25, -0.2) is 9.59 Å². The number of carbonyl (C=O) groups excluding carboxylic acids is 3. The highest BCUT2D eigenvalue weighted by Crippen LogP contribution is 2.24. The molecule has 2 unspecified atom stereocenters. The van der Waals surface area contributed by atoms with E-state index in [1.54, 1.807) is 27.7 Å². The van der Waals surface area contributed by atoms with Gasteiger partial charge in [0.2, 0.25) is 0 Å². The number of carbonyl (C=O) groups is 3. The number of hydrogen-bond acceptors (Lipinski definition) is 5. The Bertz CT molecular complexity index is 707. The minimum absolute atomic E-state index is 0.136. The number of rotatable bonds is 6. The van der Waals surface area contributed by atoms with Crippen LogP contribution in [0.2, 0.25) is 0 Å². The molecular formula is C20H30N2O5. The zero-order valence-corrected chi connectivity index (χ0v) is 16.8. The van der Waals surface area contributed by atoms with Crippen LogP contribution in [0.15, 0.2) is 0 Å². The number of H-pyrrole nitrogens is 1. The first-order valence-corrected chi connectivity index (χ1v) is 9.57.